The summed E-state index contributed by atoms with van der Waals surface area (Å²) in [6.45, 7) is 9.49. The first-order chi connectivity index (χ1) is 5.07. The van der Waals surface area contributed by atoms with Crippen LogP contribution in [0.3, 0.4) is 0 Å². The van der Waals surface area contributed by atoms with Crippen LogP contribution in [-0.4, -0.2) is 5.71 Å². The Hall–Kier alpha value is -1.11. The molecule has 0 saturated heterocycles. The molecule has 0 rings (SSSR count). The highest BCUT2D eigenvalue weighted by Crippen LogP contribution is 2.05. The van der Waals surface area contributed by atoms with Crippen molar-refractivity contribution in [3.8, 4) is 0 Å². The average Bonchev–Trinajstić information content (AvgIpc) is 1.87. The zero-order valence-electron chi connectivity index (χ0n) is 7.44. The molecule has 0 saturated carbocycles. The monoisotopic (exact) mass is 149 g/mol. The molecule has 1 nitrogen and oxygen atoms in total. The van der Waals surface area contributed by atoms with Gasteiger partial charge >= 0.3 is 0 Å². The van der Waals surface area contributed by atoms with Crippen LogP contribution in [0.5, 0.6) is 0 Å². The van der Waals surface area contributed by atoms with E-state index in [2.05, 4.69) is 6.58 Å². The van der Waals surface area contributed by atoms with E-state index in [0.717, 1.165) is 5.57 Å². The van der Waals surface area contributed by atoms with Crippen LogP contribution >= 0.6 is 0 Å². The summed E-state index contributed by atoms with van der Waals surface area (Å²) in [5.41, 5.74) is 2.87. The second-order valence-corrected chi connectivity index (χ2v) is 2.68. The van der Waals surface area contributed by atoms with Crippen molar-refractivity contribution in [2.45, 2.75) is 20.8 Å². The molecule has 60 valence electrons. The molecule has 0 fully saturated rings. The lowest BCUT2D eigenvalue weighted by atomic mass is 10.1. The quantitative estimate of drug-likeness (QED) is 0.471. The van der Waals surface area contributed by atoms with Gasteiger partial charge in [0.05, 0.1) is 0 Å². The van der Waals surface area contributed by atoms with E-state index in [0.29, 0.717) is 5.71 Å². The molecular weight excluding hydrogens is 134 g/mol. The molecule has 1 heteroatoms. The normalized spacial score (nSPS) is 9.73. The third kappa shape index (κ3) is 4.31. The topological polar surface area (TPSA) is 23.9 Å². The van der Waals surface area contributed by atoms with Crippen molar-refractivity contribution in [2.75, 3.05) is 0 Å². The van der Waals surface area contributed by atoms with Gasteiger partial charge in [-0.25, -0.2) is 0 Å². The van der Waals surface area contributed by atoms with Crippen molar-refractivity contribution in [3.05, 3.63) is 36.0 Å². The van der Waals surface area contributed by atoms with E-state index in [1.54, 1.807) is 19.1 Å². The lowest BCUT2D eigenvalue weighted by Gasteiger charge is -1.95. The molecule has 0 amide bonds. The summed E-state index contributed by atoms with van der Waals surface area (Å²) in [6.07, 6.45) is 5.48. The third-order valence-corrected chi connectivity index (χ3v) is 1.31. The molecule has 0 aromatic rings. The minimum Gasteiger partial charge on any atom is -0.306 e. The third-order valence-electron chi connectivity index (χ3n) is 1.31. The first kappa shape index (κ1) is 9.89. The van der Waals surface area contributed by atoms with Gasteiger partial charge in [0.1, 0.15) is 0 Å². The number of rotatable bonds is 3. The van der Waals surface area contributed by atoms with E-state index in [9.17, 15) is 0 Å². The van der Waals surface area contributed by atoms with Crippen LogP contribution in [0.25, 0.3) is 0 Å². The average molecular weight is 149 g/mol. The van der Waals surface area contributed by atoms with Crippen LogP contribution in [0.15, 0.2) is 36.0 Å². The largest absolute Gasteiger partial charge is 0.306 e. The lowest BCUT2D eigenvalue weighted by molar-refractivity contribution is 1.34. The van der Waals surface area contributed by atoms with Crippen LogP contribution in [0.4, 0.5) is 0 Å². The van der Waals surface area contributed by atoms with Gasteiger partial charge < -0.3 is 5.41 Å². The smallest absolute Gasteiger partial charge is 0.0283 e. The molecule has 0 aliphatic rings. The fraction of sp³-hybridized carbons (Fsp3) is 0.300. The second kappa shape index (κ2) is 4.67. The summed E-state index contributed by atoms with van der Waals surface area (Å²) >= 11 is 0. The van der Waals surface area contributed by atoms with Crippen LogP contribution in [0, 0.1) is 5.41 Å². The summed E-state index contributed by atoms with van der Waals surface area (Å²) in [6, 6.07) is 0. The summed E-state index contributed by atoms with van der Waals surface area (Å²) in [4.78, 5) is 0. The summed E-state index contributed by atoms with van der Waals surface area (Å²) < 4.78 is 0. The van der Waals surface area contributed by atoms with Crippen molar-refractivity contribution in [2.24, 2.45) is 0 Å². The standard InChI is InChI=1S/C10H15N/c1-5-10(8(2)3)7-6-9(4)11/h5-7,11H,1H2,2-4H3/b7-6-,11-9?. The summed E-state index contributed by atoms with van der Waals surface area (Å²) in [5, 5.41) is 7.16. The maximum absolute atomic E-state index is 7.16. The Balaban J connectivity index is 4.46. The van der Waals surface area contributed by atoms with Crippen LogP contribution in [0.2, 0.25) is 0 Å². The zero-order chi connectivity index (χ0) is 8.85. The van der Waals surface area contributed by atoms with Gasteiger partial charge in [0.15, 0.2) is 0 Å². The molecular formula is C10H15N. The van der Waals surface area contributed by atoms with Crippen molar-refractivity contribution in [3.63, 3.8) is 0 Å². The molecule has 0 aromatic heterocycles. The van der Waals surface area contributed by atoms with Crippen LogP contribution in [0.1, 0.15) is 20.8 Å². The van der Waals surface area contributed by atoms with E-state index >= 15 is 0 Å². The molecule has 1 N–H and O–H groups in total. The van der Waals surface area contributed by atoms with E-state index < -0.39 is 0 Å². The van der Waals surface area contributed by atoms with Gasteiger partial charge in [0, 0.05) is 5.71 Å². The Morgan fingerprint density at radius 3 is 2.00 bits per heavy atom. The number of allylic oxidation sites excluding steroid dienone is 5. The Morgan fingerprint density at radius 1 is 1.18 bits per heavy atom. The highest BCUT2D eigenvalue weighted by atomic mass is 14.4. The van der Waals surface area contributed by atoms with Gasteiger partial charge in [-0.1, -0.05) is 24.3 Å². The minimum absolute atomic E-state index is 0.561. The van der Waals surface area contributed by atoms with Crippen molar-refractivity contribution in [1.29, 1.82) is 5.41 Å². The molecule has 0 spiro atoms. The Labute approximate surface area is 68.6 Å². The highest BCUT2D eigenvalue weighted by molar-refractivity contribution is 5.90. The van der Waals surface area contributed by atoms with Gasteiger partial charge in [-0.2, -0.15) is 0 Å². The highest BCUT2D eigenvalue weighted by Gasteiger charge is 1.87. The molecule has 0 heterocycles. The fourth-order valence-corrected chi connectivity index (χ4v) is 0.654. The molecule has 0 aliphatic carbocycles. The maximum atomic E-state index is 7.16. The lowest BCUT2D eigenvalue weighted by Crippen LogP contribution is -1.81. The minimum atomic E-state index is 0.561. The van der Waals surface area contributed by atoms with Crippen molar-refractivity contribution in [1.82, 2.24) is 0 Å². The predicted octanol–water partition coefficient (Wildman–Crippen LogP) is 3.10. The van der Waals surface area contributed by atoms with E-state index in [4.69, 9.17) is 5.41 Å². The number of nitrogens with one attached hydrogen (secondary N) is 1. The number of hydrogen-bond acceptors (Lipinski definition) is 1. The van der Waals surface area contributed by atoms with Crippen LogP contribution in [-0.2, 0) is 0 Å². The number of hydrogen-bond donors (Lipinski definition) is 1. The molecule has 0 atom stereocenters. The zero-order valence-corrected chi connectivity index (χ0v) is 7.44. The van der Waals surface area contributed by atoms with Crippen molar-refractivity contribution >= 4 is 5.71 Å². The van der Waals surface area contributed by atoms with Gasteiger partial charge in [0.25, 0.3) is 0 Å². The molecule has 11 heavy (non-hydrogen) atoms. The van der Waals surface area contributed by atoms with E-state index in [1.165, 1.54) is 5.57 Å². The summed E-state index contributed by atoms with van der Waals surface area (Å²) in [5.74, 6) is 0. The molecule has 0 aliphatic heterocycles. The fourth-order valence-electron chi connectivity index (χ4n) is 0.654. The SMILES string of the molecule is C=CC(/C=C\C(C)=N)=C(C)C. The maximum Gasteiger partial charge on any atom is 0.0283 e. The first-order valence-electron chi connectivity index (χ1n) is 3.61. The summed E-state index contributed by atoms with van der Waals surface area (Å²) in [7, 11) is 0. The van der Waals surface area contributed by atoms with Gasteiger partial charge in [-0.15, -0.1) is 0 Å². The Morgan fingerprint density at radius 2 is 1.73 bits per heavy atom. The van der Waals surface area contributed by atoms with Gasteiger partial charge in [0.2, 0.25) is 0 Å². The Kier molecular flexibility index (Phi) is 4.20. The molecule has 0 aromatic carbocycles. The van der Waals surface area contributed by atoms with Gasteiger partial charge in [-0.3, -0.25) is 0 Å². The molecule has 0 radical (unpaired) electrons. The Bertz CT molecular complexity index is 215. The molecule has 0 bridgehead atoms. The van der Waals surface area contributed by atoms with Crippen molar-refractivity contribution < 1.29 is 0 Å². The first-order valence-corrected chi connectivity index (χ1v) is 3.61. The van der Waals surface area contributed by atoms with Gasteiger partial charge in [-0.05, 0) is 32.4 Å². The van der Waals surface area contributed by atoms with E-state index in [1.807, 2.05) is 19.9 Å². The van der Waals surface area contributed by atoms with Crippen LogP contribution < -0.4 is 0 Å². The second-order valence-electron chi connectivity index (χ2n) is 2.68. The van der Waals surface area contributed by atoms with E-state index in [-0.39, 0.29) is 0 Å². The molecule has 0 unspecified atom stereocenters. The predicted molar refractivity (Wildman–Crippen MR) is 51.1 cm³/mol.